The van der Waals surface area contributed by atoms with E-state index in [9.17, 15) is 14.0 Å². The van der Waals surface area contributed by atoms with Gasteiger partial charge in [0.25, 0.3) is 0 Å². The summed E-state index contributed by atoms with van der Waals surface area (Å²) in [7, 11) is 0. The Morgan fingerprint density at radius 3 is 2.19 bits per heavy atom. The van der Waals surface area contributed by atoms with Crippen LogP contribution in [0.4, 0.5) is 15.8 Å². The van der Waals surface area contributed by atoms with Crippen LogP contribution in [0.5, 0.6) is 0 Å². The number of halogens is 1. The highest BCUT2D eigenvalue weighted by molar-refractivity contribution is 5.89. The van der Waals surface area contributed by atoms with E-state index < -0.39 is 0 Å². The highest BCUT2D eigenvalue weighted by Gasteiger charge is 2.27. The Labute approximate surface area is 152 Å². The highest BCUT2D eigenvalue weighted by Crippen LogP contribution is 2.18. The van der Waals surface area contributed by atoms with E-state index in [4.69, 9.17) is 0 Å². The van der Waals surface area contributed by atoms with Crippen LogP contribution in [0.15, 0.2) is 48.5 Å². The number of rotatable bonds is 7. The average molecular weight is 355 g/mol. The molecule has 1 heterocycles. The molecule has 2 aromatic carbocycles. The van der Waals surface area contributed by atoms with Gasteiger partial charge in [0.1, 0.15) is 0 Å². The van der Waals surface area contributed by atoms with Crippen LogP contribution in [0.25, 0.3) is 0 Å². The Balaban J connectivity index is 1.50. The van der Waals surface area contributed by atoms with Gasteiger partial charge in [-0.3, -0.25) is 14.0 Å². The summed E-state index contributed by atoms with van der Waals surface area (Å²) in [5.41, 5.74) is 3.83. The third-order valence-electron chi connectivity index (χ3n) is 4.39. The number of anilines is 2. The summed E-state index contributed by atoms with van der Waals surface area (Å²) in [5.74, 6) is -0.443. The lowest BCUT2D eigenvalue weighted by molar-refractivity contribution is -0.126. The molecule has 3 N–H and O–H groups in total. The van der Waals surface area contributed by atoms with Gasteiger partial charge in [-0.15, -0.1) is 0 Å². The molecule has 1 aliphatic rings. The molecule has 1 saturated heterocycles. The van der Waals surface area contributed by atoms with E-state index in [-0.39, 0.29) is 30.8 Å². The molecule has 3 rings (SSSR count). The fraction of sp³-hybridized carbons (Fsp3) is 0.300. The van der Waals surface area contributed by atoms with Crippen LogP contribution in [-0.2, 0) is 22.6 Å². The normalized spacial score (nSPS) is 16.2. The van der Waals surface area contributed by atoms with Gasteiger partial charge >= 0.3 is 0 Å². The standard InChI is InChI=1S/C20H22FN3O2/c21-10-9-14-1-5-17(6-2-14)24-18-7-3-15(4-8-18)12-23-20(26)16-11-19(25)22-13-16/h1-8,16,24H,9-13H2,(H,22,25)(H,23,26). The molecule has 1 unspecified atom stereocenters. The third-order valence-corrected chi connectivity index (χ3v) is 4.39. The van der Waals surface area contributed by atoms with Crippen LogP contribution in [0.3, 0.4) is 0 Å². The van der Waals surface area contributed by atoms with Crippen LogP contribution in [0.1, 0.15) is 17.5 Å². The summed E-state index contributed by atoms with van der Waals surface area (Å²) in [6.07, 6.45) is 0.699. The smallest absolute Gasteiger partial charge is 0.225 e. The Morgan fingerprint density at radius 1 is 1.04 bits per heavy atom. The van der Waals surface area contributed by atoms with Gasteiger partial charge in [-0.2, -0.15) is 0 Å². The third kappa shape index (κ3) is 4.81. The maximum Gasteiger partial charge on any atom is 0.225 e. The number of carbonyl (C=O) groups excluding carboxylic acids is 2. The van der Waals surface area contributed by atoms with Gasteiger partial charge in [0.2, 0.25) is 11.8 Å². The fourth-order valence-electron chi connectivity index (χ4n) is 2.86. The first kappa shape index (κ1) is 17.9. The molecule has 0 saturated carbocycles. The molecule has 2 amide bonds. The minimum absolute atomic E-state index is 0.0710. The summed E-state index contributed by atoms with van der Waals surface area (Å²) in [6, 6.07) is 15.4. The van der Waals surface area contributed by atoms with Gasteiger partial charge in [-0.25, -0.2) is 0 Å². The zero-order chi connectivity index (χ0) is 18.4. The maximum absolute atomic E-state index is 12.3. The number of amides is 2. The van der Waals surface area contributed by atoms with E-state index in [1.807, 2.05) is 48.5 Å². The fourth-order valence-corrected chi connectivity index (χ4v) is 2.86. The van der Waals surface area contributed by atoms with E-state index in [0.29, 0.717) is 19.5 Å². The van der Waals surface area contributed by atoms with Gasteiger partial charge in [0, 0.05) is 37.3 Å². The molecule has 1 aliphatic heterocycles. The van der Waals surface area contributed by atoms with Crippen molar-refractivity contribution in [1.29, 1.82) is 0 Å². The number of hydrogen-bond donors (Lipinski definition) is 3. The average Bonchev–Trinajstić information content (AvgIpc) is 3.09. The Hall–Kier alpha value is -2.89. The van der Waals surface area contributed by atoms with Crippen LogP contribution < -0.4 is 16.0 Å². The van der Waals surface area contributed by atoms with Crippen molar-refractivity contribution in [1.82, 2.24) is 10.6 Å². The monoisotopic (exact) mass is 355 g/mol. The number of nitrogens with one attached hydrogen (secondary N) is 3. The van der Waals surface area contributed by atoms with Crippen LogP contribution in [-0.4, -0.2) is 25.0 Å². The highest BCUT2D eigenvalue weighted by atomic mass is 19.1. The van der Waals surface area contributed by atoms with Crippen molar-refractivity contribution in [3.63, 3.8) is 0 Å². The van der Waals surface area contributed by atoms with Gasteiger partial charge in [-0.05, 0) is 35.4 Å². The summed E-state index contributed by atoms with van der Waals surface area (Å²) in [5, 5.41) is 8.82. The molecule has 0 aliphatic carbocycles. The van der Waals surface area contributed by atoms with E-state index >= 15 is 0 Å². The zero-order valence-electron chi connectivity index (χ0n) is 14.4. The minimum atomic E-state index is -0.349. The molecule has 5 nitrogen and oxygen atoms in total. The summed E-state index contributed by atoms with van der Waals surface area (Å²) in [6.45, 7) is 0.498. The predicted molar refractivity (Wildman–Crippen MR) is 98.8 cm³/mol. The molecule has 0 bridgehead atoms. The van der Waals surface area contributed by atoms with Crippen molar-refractivity contribution in [3.05, 3.63) is 59.7 Å². The number of aryl methyl sites for hydroxylation is 1. The lowest BCUT2D eigenvalue weighted by Crippen LogP contribution is -2.31. The van der Waals surface area contributed by atoms with Crippen molar-refractivity contribution in [2.24, 2.45) is 5.92 Å². The Morgan fingerprint density at radius 2 is 1.65 bits per heavy atom. The van der Waals surface area contributed by atoms with Gasteiger partial charge in [0.05, 0.1) is 12.6 Å². The largest absolute Gasteiger partial charge is 0.356 e. The number of carbonyl (C=O) groups is 2. The Bertz CT molecular complexity index is 760. The molecular weight excluding hydrogens is 333 g/mol. The molecule has 6 heteroatoms. The quantitative estimate of drug-likeness (QED) is 0.715. The molecule has 1 fully saturated rings. The van der Waals surface area contributed by atoms with Gasteiger partial charge in [0.15, 0.2) is 0 Å². The summed E-state index contributed by atoms with van der Waals surface area (Å²) in [4.78, 5) is 23.2. The molecule has 1 atom stereocenters. The molecule has 26 heavy (non-hydrogen) atoms. The number of benzene rings is 2. The topological polar surface area (TPSA) is 70.2 Å². The van der Waals surface area contributed by atoms with Crippen molar-refractivity contribution >= 4 is 23.2 Å². The van der Waals surface area contributed by atoms with E-state index in [1.54, 1.807) is 0 Å². The van der Waals surface area contributed by atoms with Crippen LogP contribution >= 0.6 is 0 Å². The number of hydrogen-bond acceptors (Lipinski definition) is 3. The van der Waals surface area contributed by atoms with Gasteiger partial charge in [-0.1, -0.05) is 24.3 Å². The lowest BCUT2D eigenvalue weighted by Gasteiger charge is -2.11. The first-order chi connectivity index (χ1) is 12.6. The minimum Gasteiger partial charge on any atom is -0.356 e. The van der Waals surface area contributed by atoms with Crippen molar-refractivity contribution in [2.45, 2.75) is 19.4 Å². The second-order valence-corrected chi connectivity index (χ2v) is 6.38. The first-order valence-corrected chi connectivity index (χ1v) is 8.69. The number of alkyl halides is 1. The summed E-state index contributed by atoms with van der Waals surface area (Å²) >= 11 is 0. The predicted octanol–water partition coefficient (Wildman–Crippen LogP) is 2.69. The maximum atomic E-state index is 12.3. The molecule has 0 aromatic heterocycles. The second kappa shape index (κ2) is 8.47. The van der Waals surface area contributed by atoms with Crippen molar-refractivity contribution in [2.75, 3.05) is 18.5 Å². The second-order valence-electron chi connectivity index (χ2n) is 6.38. The lowest BCUT2D eigenvalue weighted by atomic mass is 10.1. The molecule has 0 radical (unpaired) electrons. The van der Waals surface area contributed by atoms with Crippen LogP contribution in [0.2, 0.25) is 0 Å². The SMILES string of the molecule is O=C1CC(C(=O)NCc2ccc(Nc3ccc(CCF)cc3)cc2)CN1. The molecule has 136 valence electrons. The van der Waals surface area contributed by atoms with Crippen molar-refractivity contribution in [3.8, 4) is 0 Å². The van der Waals surface area contributed by atoms with Crippen molar-refractivity contribution < 1.29 is 14.0 Å². The Kier molecular flexibility index (Phi) is 5.84. The van der Waals surface area contributed by atoms with Gasteiger partial charge < -0.3 is 16.0 Å². The molecule has 0 spiro atoms. The summed E-state index contributed by atoms with van der Waals surface area (Å²) < 4.78 is 12.3. The molecule has 2 aromatic rings. The first-order valence-electron chi connectivity index (χ1n) is 8.69. The zero-order valence-corrected chi connectivity index (χ0v) is 14.4. The van der Waals surface area contributed by atoms with E-state index in [2.05, 4.69) is 16.0 Å². The van der Waals surface area contributed by atoms with Crippen LogP contribution in [0, 0.1) is 5.92 Å². The van der Waals surface area contributed by atoms with E-state index in [1.165, 1.54) is 0 Å². The van der Waals surface area contributed by atoms with E-state index in [0.717, 1.165) is 22.5 Å². The molecular formula is C20H22FN3O2.